The molecule has 1 amide bonds. The van der Waals surface area contributed by atoms with Gasteiger partial charge in [-0.1, -0.05) is 0 Å². The van der Waals surface area contributed by atoms with Crippen molar-refractivity contribution in [2.24, 2.45) is 0 Å². The second-order valence-electron chi connectivity index (χ2n) is 5.71. The second-order valence-corrected chi connectivity index (χ2v) is 7.42. The number of amides is 1. The molecular formula is C15H20N2O4S. The maximum Gasteiger partial charge on any atom is 0.253 e. The van der Waals surface area contributed by atoms with Gasteiger partial charge in [0.25, 0.3) is 5.91 Å². The molecule has 1 atom stereocenters. The fraction of sp³-hybridized carbons (Fsp3) is 0.533. The average molecular weight is 324 g/mol. The van der Waals surface area contributed by atoms with E-state index in [0.717, 1.165) is 25.9 Å². The smallest absolute Gasteiger partial charge is 0.253 e. The van der Waals surface area contributed by atoms with Gasteiger partial charge in [-0.25, -0.2) is 13.1 Å². The molecule has 1 aromatic carbocycles. The van der Waals surface area contributed by atoms with E-state index in [9.17, 15) is 13.2 Å². The van der Waals surface area contributed by atoms with Crippen molar-refractivity contribution in [3.05, 3.63) is 29.8 Å². The third-order valence-corrected chi connectivity index (χ3v) is 5.59. The van der Waals surface area contributed by atoms with Crippen LogP contribution in [0, 0.1) is 0 Å². The van der Waals surface area contributed by atoms with Crippen LogP contribution in [0.15, 0.2) is 29.2 Å². The summed E-state index contributed by atoms with van der Waals surface area (Å²) < 4.78 is 32.3. The van der Waals surface area contributed by atoms with Crippen LogP contribution in [0.4, 0.5) is 0 Å². The SMILES string of the molecule is O=C(c1ccc(S(=O)(=O)N[C@@H]2CCOC2)cc1)N1CCCC1. The normalized spacial score (nSPS) is 22.2. The molecule has 3 rings (SSSR count). The number of sulfonamides is 1. The molecule has 0 aromatic heterocycles. The third kappa shape index (κ3) is 3.31. The van der Waals surface area contributed by atoms with Crippen molar-refractivity contribution in [3.8, 4) is 0 Å². The van der Waals surface area contributed by atoms with Gasteiger partial charge in [0.1, 0.15) is 0 Å². The molecule has 1 N–H and O–H groups in total. The number of hydrogen-bond donors (Lipinski definition) is 1. The summed E-state index contributed by atoms with van der Waals surface area (Å²) in [7, 11) is -3.56. The predicted octanol–water partition coefficient (Wildman–Crippen LogP) is 0.990. The first-order valence-corrected chi connectivity index (χ1v) is 9.04. The van der Waals surface area contributed by atoms with E-state index in [1.807, 2.05) is 0 Å². The van der Waals surface area contributed by atoms with Crippen LogP contribution < -0.4 is 4.72 Å². The van der Waals surface area contributed by atoms with Crippen molar-refractivity contribution in [1.29, 1.82) is 0 Å². The number of nitrogens with zero attached hydrogens (tertiary/aromatic N) is 1. The minimum absolute atomic E-state index is 0.0291. The molecule has 7 heteroatoms. The van der Waals surface area contributed by atoms with Crippen LogP contribution in [0.1, 0.15) is 29.6 Å². The molecule has 6 nitrogen and oxygen atoms in total. The summed E-state index contributed by atoms with van der Waals surface area (Å²) >= 11 is 0. The Hall–Kier alpha value is -1.44. The Morgan fingerprint density at radius 2 is 1.86 bits per heavy atom. The molecule has 0 bridgehead atoms. The highest BCUT2D eigenvalue weighted by atomic mass is 32.2. The second kappa shape index (κ2) is 6.36. The quantitative estimate of drug-likeness (QED) is 0.896. The van der Waals surface area contributed by atoms with E-state index in [1.165, 1.54) is 12.1 Å². The van der Waals surface area contributed by atoms with Gasteiger partial charge in [-0.3, -0.25) is 4.79 Å². The number of carbonyl (C=O) groups excluding carboxylic acids is 1. The molecule has 2 saturated heterocycles. The Labute approximate surface area is 130 Å². The monoisotopic (exact) mass is 324 g/mol. The number of nitrogens with one attached hydrogen (secondary N) is 1. The lowest BCUT2D eigenvalue weighted by atomic mass is 10.2. The predicted molar refractivity (Wildman–Crippen MR) is 81.1 cm³/mol. The van der Waals surface area contributed by atoms with Gasteiger partial charge in [0, 0.05) is 31.3 Å². The highest BCUT2D eigenvalue weighted by molar-refractivity contribution is 7.89. The molecule has 0 aliphatic carbocycles. The molecule has 120 valence electrons. The number of likely N-dealkylation sites (tertiary alicyclic amines) is 1. The van der Waals surface area contributed by atoms with Gasteiger partial charge >= 0.3 is 0 Å². The van der Waals surface area contributed by atoms with Crippen molar-refractivity contribution in [2.75, 3.05) is 26.3 Å². The van der Waals surface area contributed by atoms with E-state index >= 15 is 0 Å². The van der Waals surface area contributed by atoms with E-state index in [4.69, 9.17) is 4.74 Å². The summed E-state index contributed by atoms with van der Waals surface area (Å²) in [6, 6.07) is 5.97. The number of ether oxygens (including phenoxy) is 1. The standard InChI is InChI=1S/C15H20N2O4S/c18-15(17-8-1-2-9-17)12-3-5-14(6-4-12)22(19,20)16-13-7-10-21-11-13/h3-6,13,16H,1-2,7-11H2/t13-/m1/s1. The van der Waals surface area contributed by atoms with Crippen LogP contribution in [-0.4, -0.2) is 51.6 Å². The van der Waals surface area contributed by atoms with Crippen LogP contribution in [-0.2, 0) is 14.8 Å². The van der Waals surface area contributed by atoms with E-state index in [-0.39, 0.29) is 16.8 Å². The van der Waals surface area contributed by atoms with Gasteiger partial charge in [-0.2, -0.15) is 0 Å². The van der Waals surface area contributed by atoms with Crippen LogP contribution in [0.5, 0.6) is 0 Å². The highest BCUT2D eigenvalue weighted by Gasteiger charge is 2.24. The summed E-state index contributed by atoms with van der Waals surface area (Å²) in [4.78, 5) is 14.2. The molecule has 2 aliphatic rings. The van der Waals surface area contributed by atoms with E-state index < -0.39 is 10.0 Å². The molecule has 0 spiro atoms. The first-order chi connectivity index (χ1) is 10.6. The largest absolute Gasteiger partial charge is 0.380 e. The maximum absolute atomic E-state index is 12.3. The fourth-order valence-corrected chi connectivity index (χ4v) is 4.05. The van der Waals surface area contributed by atoms with Crippen LogP contribution in [0.3, 0.4) is 0 Å². The molecule has 0 radical (unpaired) electrons. The third-order valence-electron chi connectivity index (χ3n) is 4.06. The molecule has 2 fully saturated rings. The first kappa shape index (κ1) is 15.5. The Morgan fingerprint density at radius 3 is 2.45 bits per heavy atom. The lowest BCUT2D eigenvalue weighted by Gasteiger charge is -2.15. The van der Waals surface area contributed by atoms with Gasteiger partial charge in [-0.05, 0) is 43.5 Å². The van der Waals surface area contributed by atoms with Gasteiger partial charge in [0.05, 0.1) is 11.5 Å². The number of carbonyl (C=O) groups is 1. The molecule has 22 heavy (non-hydrogen) atoms. The Bertz CT molecular complexity index is 630. The van der Waals surface area contributed by atoms with Crippen molar-refractivity contribution in [1.82, 2.24) is 9.62 Å². The summed E-state index contributed by atoms with van der Waals surface area (Å²) in [5.74, 6) is -0.0291. The highest BCUT2D eigenvalue weighted by Crippen LogP contribution is 2.16. The summed E-state index contributed by atoms with van der Waals surface area (Å²) in [5.41, 5.74) is 0.532. The molecule has 2 heterocycles. The van der Waals surface area contributed by atoms with Crippen LogP contribution in [0.25, 0.3) is 0 Å². The summed E-state index contributed by atoms with van der Waals surface area (Å²) in [5, 5.41) is 0. The van der Waals surface area contributed by atoms with E-state index in [0.29, 0.717) is 25.2 Å². The van der Waals surface area contributed by atoms with Crippen LogP contribution >= 0.6 is 0 Å². The first-order valence-electron chi connectivity index (χ1n) is 7.56. The Balaban J connectivity index is 1.71. The van der Waals surface area contributed by atoms with Gasteiger partial charge in [-0.15, -0.1) is 0 Å². The fourth-order valence-electron chi connectivity index (χ4n) is 2.79. The zero-order valence-corrected chi connectivity index (χ0v) is 13.1. The van der Waals surface area contributed by atoms with Gasteiger partial charge in [0.2, 0.25) is 10.0 Å². The van der Waals surface area contributed by atoms with Gasteiger partial charge < -0.3 is 9.64 Å². The molecule has 0 saturated carbocycles. The van der Waals surface area contributed by atoms with Crippen molar-refractivity contribution in [2.45, 2.75) is 30.2 Å². The van der Waals surface area contributed by atoms with Crippen molar-refractivity contribution in [3.63, 3.8) is 0 Å². The van der Waals surface area contributed by atoms with Gasteiger partial charge in [0.15, 0.2) is 0 Å². The molecule has 1 aromatic rings. The van der Waals surface area contributed by atoms with Crippen LogP contribution in [0.2, 0.25) is 0 Å². The number of hydrogen-bond acceptors (Lipinski definition) is 4. The Kier molecular flexibility index (Phi) is 4.46. The summed E-state index contributed by atoms with van der Waals surface area (Å²) in [6.45, 7) is 2.55. The van der Waals surface area contributed by atoms with Crippen molar-refractivity contribution < 1.29 is 17.9 Å². The minimum Gasteiger partial charge on any atom is -0.380 e. The average Bonchev–Trinajstić information content (AvgIpc) is 3.19. The Morgan fingerprint density at radius 1 is 1.18 bits per heavy atom. The lowest BCUT2D eigenvalue weighted by Crippen LogP contribution is -2.35. The zero-order chi connectivity index (χ0) is 15.6. The zero-order valence-electron chi connectivity index (χ0n) is 12.3. The number of rotatable bonds is 4. The topological polar surface area (TPSA) is 75.7 Å². The maximum atomic E-state index is 12.3. The number of benzene rings is 1. The van der Waals surface area contributed by atoms with Crippen molar-refractivity contribution >= 4 is 15.9 Å². The molecule has 0 unspecified atom stereocenters. The lowest BCUT2D eigenvalue weighted by molar-refractivity contribution is 0.0792. The molecular weight excluding hydrogens is 304 g/mol. The van der Waals surface area contributed by atoms with E-state index in [2.05, 4.69) is 4.72 Å². The minimum atomic E-state index is -3.56. The summed E-state index contributed by atoms with van der Waals surface area (Å²) in [6.07, 6.45) is 2.75. The molecule has 2 aliphatic heterocycles. The van der Waals surface area contributed by atoms with E-state index in [1.54, 1.807) is 17.0 Å².